The van der Waals surface area contributed by atoms with E-state index in [2.05, 4.69) is 21.8 Å². The summed E-state index contributed by atoms with van der Waals surface area (Å²) in [5.41, 5.74) is 1.95. The summed E-state index contributed by atoms with van der Waals surface area (Å²) < 4.78 is 64.0. The fourth-order valence-corrected chi connectivity index (χ4v) is 5.96. The molecule has 4 rings (SSSR count). The Bertz CT molecular complexity index is 1350. The average Bonchev–Trinajstić information content (AvgIpc) is 3.51. The van der Waals surface area contributed by atoms with E-state index in [-0.39, 0.29) is 13.2 Å². The number of aryl methyl sites for hydroxylation is 1. The average molecular weight is 634 g/mol. The number of ether oxygens (including phenoxy) is 2. The van der Waals surface area contributed by atoms with Gasteiger partial charge in [-0.3, -0.25) is 0 Å². The zero-order chi connectivity index (χ0) is 31.9. The molecule has 2 unspecified atom stereocenters. The minimum absolute atomic E-state index is 0.221. The molecule has 8 nitrogen and oxygen atoms in total. The highest BCUT2D eigenvalue weighted by Gasteiger charge is 2.32. The van der Waals surface area contributed by atoms with Crippen LogP contribution in [0.2, 0.25) is 0 Å². The molecule has 0 N–H and O–H groups in total. The maximum atomic E-state index is 13.8. The molecule has 1 aliphatic rings. The molecule has 240 valence electrons. The molecule has 44 heavy (non-hydrogen) atoms. The number of hydrogen-bond donors (Lipinski definition) is 0. The molecule has 0 aliphatic heterocycles. The second kappa shape index (κ2) is 15.2. The van der Waals surface area contributed by atoms with Crippen LogP contribution in [0.1, 0.15) is 68.0 Å². The number of hydrogen-bond acceptors (Lipinski definition) is 8. The number of anilines is 2. The summed E-state index contributed by atoms with van der Waals surface area (Å²) in [6.45, 7) is 7.78. The Morgan fingerprint density at radius 1 is 1.11 bits per heavy atom. The zero-order valence-electron chi connectivity index (χ0n) is 26.1. The molecule has 0 radical (unpaired) electrons. The second-order valence-electron chi connectivity index (χ2n) is 11.3. The topological polar surface area (TPSA) is 86.7 Å². The van der Waals surface area contributed by atoms with Crippen molar-refractivity contribution in [3.8, 4) is 11.6 Å². The van der Waals surface area contributed by atoms with Gasteiger partial charge >= 0.3 is 6.18 Å². The standard InChI is InChI=1S/C32H42F3N5O3S/c1-6-39(20-24-9-7-8-10-24)29-11-12-30(42-4)38-28(29)21-40(31-36-18-27(19-37-31)43-13-14-44(5)41)23(3)25-15-22(2)16-26(17-25)32(33,34)35/h11-12,15-19,23-24H,6-10,13-14,20-21H2,1-5H3. The van der Waals surface area contributed by atoms with Crippen molar-refractivity contribution in [2.75, 3.05) is 48.6 Å². The van der Waals surface area contributed by atoms with Gasteiger partial charge in [0.25, 0.3) is 0 Å². The minimum atomic E-state index is -4.48. The van der Waals surface area contributed by atoms with Crippen molar-refractivity contribution in [1.82, 2.24) is 15.0 Å². The summed E-state index contributed by atoms with van der Waals surface area (Å²) in [6.07, 6.45) is 5.05. The van der Waals surface area contributed by atoms with E-state index in [1.807, 2.05) is 24.0 Å². The first-order valence-electron chi connectivity index (χ1n) is 15.0. The Morgan fingerprint density at radius 3 is 2.43 bits per heavy atom. The van der Waals surface area contributed by atoms with E-state index in [1.165, 1.54) is 44.1 Å². The quantitative estimate of drug-likeness (QED) is 0.180. The fraction of sp³-hybridized carbons (Fsp3) is 0.531. The fourth-order valence-electron chi connectivity index (χ4n) is 5.64. The molecule has 0 amide bonds. The first-order chi connectivity index (χ1) is 21.0. The van der Waals surface area contributed by atoms with E-state index >= 15 is 0 Å². The van der Waals surface area contributed by atoms with Crippen molar-refractivity contribution in [3.63, 3.8) is 0 Å². The number of methoxy groups -OCH3 is 1. The summed E-state index contributed by atoms with van der Waals surface area (Å²) in [5, 5.41) is 0. The van der Waals surface area contributed by atoms with Gasteiger partial charge in [0.2, 0.25) is 11.8 Å². The second-order valence-corrected chi connectivity index (χ2v) is 12.8. The van der Waals surface area contributed by atoms with Crippen LogP contribution in [0.3, 0.4) is 0 Å². The van der Waals surface area contributed by atoms with Crippen LogP contribution in [0.15, 0.2) is 42.7 Å². The molecule has 1 fully saturated rings. The van der Waals surface area contributed by atoms with Gasteiger partial charge in [0.1, 0.15) is 12.4 Å². The van der Waals surface area contributed by atoms with Crippen LogP contribution in [-0.2, 0) is 23.9 Å². The Labute approximate surface area is 261 Å². The summed E-state index contributed by atoms with van der Waals surface area (Å²) in [5.74, 6) is 2.15. The first-order valence-corrected chi connectivity index (χ1v) is 16.7. The molecule has 2 atom stereocenters. The molecular formula is C32H42F3N5O3S. The van der Waals surface area contributed by atoms with Crippen LogP contribution in [-0.4, -0.2) is 58.3 Å². The molecule has 2 heterocycles. The molecular weight excluding hydrogens is 591 g/mol. The lowest BCUT2D eigenvalue weighted by molar-refractivity contribution is -0.137. The van der Waals surface area contributed by atoms with Gasteiger partial charge in [0.05, 0.1) is 55.3 Å². The van der Waals surface area contributed by atoms with Gasteiger partial charge in [0.15, 0.2) is 5.75 Å². The van der Waals surface area contributed by atoms with Gasteiger partial charge in [-0.25, -0.2) is 15.0 Å². The summed E-state index contributed by atoms with van der Waals surface area (Å²) in [7, 11) is 1.56. The van der Waals surface area contributed by atoms with Crippen LogP contribution in [0.4, 0.5) is 24.8 Å². The maximum Gasteiger partial charge on any atom is 0.416 e. The molecule has 1 aliphatic carbocycles. The molecule has 1 saturated carbocycles. The highest BCUT2D eigenvalue weighted by molar-refractivity contribution is 7.90. The van der Waals surface area contributed by atoms with Gasteiger partial charge in [-0.05, 0) is 63.3 Å². The van der Waals surface area contributed by atoms with Gasteiger partial charge < -0.3 is 23.8 Å². The molecule has 2 aromatic heterocycles. The van der Waals surface area contributed by atoms with Crippen molar-refractivity contribution < 1.29 is 27.2 Å². The predicted molar refractivity (Wildman–Crippen MR) is 168 cm³/mol. The third kappa shape index (κ3) is 8.90. The van der Waals surface area contributed by atoms with E-state index in [4.69, 9.17) is 14.5 Å². The van der Waals surface area contributed by atoms with Crippen molar-refractivity contribution in [1.29, 1.82) is 0 Å². The third-order valence-corrected chi connectivity index (χ3v) is 8.76. The maximum absolute atomic E-state index is 13.8. The number of nitrogens with zero attached hydrogens (tertiary/aromatic N) is 5. The van der Waals surface area contributed by atoms with Gasteiger partial charge in [-0.1, -0.05) is 35.6 Å². The summed E-state index contributed by atoms with van der Waals surface area (Å²) >= 11 is -0.999. The SMILES string of the molecule is CCN(CC1CCCC1)c1ccc(OC)nc1CN(c1ncc(OCC[S+](C)[O-])cn1)C(C)c1cc(C)cc(C(F)(F)F)c1. The molecule has 12 heteroatoms. The Morgan fingerprint density at radius 2 is 1.82 bits per heavy atom. The number of pyridine rings is 1. The Balaban J connectivity index is 1.74. The number of alkyl halides is 3. The predicted octanol–water partition coefficient (Wildman–Crippen LogP) is 6.75. The van der Waals surface area contributed by atoms with Crippen LogP contribution in [0.5, 0.6) is 11.6 Å². The Kier molecular flexibility index (Phi) is 11.6. The highest BCUT2D eigenvalue weighted by atomic mass is 32.2. The lowest BCUT2D eigenvalue weighted by Gasteiger charge is -2.33. The lowest BCUT2D eigenvalue weighted by Crippen LogP contribution is -2.33. The van der Waals surface area contributed by atoms with Crippen LogP contribution in [0, 0.1) is 12.8 Å². The molecule has 0 spiro atoms. The van der Waals surface area contributed by atoms with Crippen LogP contribution < -0.4 is 19.3 Å². The number of benzene rings is 1. The lowest BCUT2D eigenvalue weighted by atomic mass is 10.00. The van der Waals surface area contributed by atoms with Crippen LogP contribution in [0.25, 0.3) is 0 Å². The van der Waals surface area contributed by atoms with E-state index in [1.54, 1.807) is 26.4 Å². The first kappa shape index (κ1) is 33.6. The third-order valence-electron chi connectivity index (χ3n) is 8.02. The van der Waals surface area contributed by atoms with E-state index in [0.717, 1.165) is 24.8 Å². The normalized spacial score (nSPS) is 15.2. The largest absolute Gasteiger partial charge is 0.616 e. The van der Waals surface area contributed by atoms with Gasteiger partial charge in [-0.2, -0.15) is 13.2 Å². The molecule has 1 aromatic carbocycles. The highest BCUT2D eigenvalue weighted by Crippen LogP contribution is 2.36. The monoisotopic (exact) mass is 633 g/mol. The molecule has 3 aromatic rings. The van der Waals surface area contributed by atoms with Crippen molar-refractivity contribution in [3.05, 3.63) is 65.1 Å². The Hall–Kier alpha value is -3.25. The van der Waals surface area contributed by atoms with Gasteiger partial charge in [-0.15, -0.1) is 0 Å². The molecule has 0 bridgehead atoms. The van der Waals surface area contributed by atoms with Crippen LogP contribution >= 0.6 is 0 Å². The number of halogens is 3. The van der Waals surface area contributed by atoms with E-state index in [0.29, 0.717) is 46.1 Å². The smallest absolute Gasteiger partial charge is 0.416 e. The van der Waals surface area contributed by atoms with Gasteiger partial charge in [0, 0.05) is 19.2 Å². The minimum Gasteiger partial charge on any atom is -0.616 e. The van der Waals surface area contributed by atoms with Crippen molar-refractivity contribution in [2.45, 2.75) is 65.2 Å². The summed E-state index contributed by atoms with van der Waals surface area (Å²) in [4.78, 5) is 18.1. The number of aromatic nitrogens is 3. The van der Waals surface area contributed by atoms with Crippen molar-refractivity contribution >= 4 is 22.8 Å². The number of rotatable bonds is 14. The summed E-state index contributed by atoms with van der Waals surface area (Å²) in [6, 6.07) is 7.39. The van der Waals surface area contributed by atoms with E-state index in [9.17, 15) is 17.7 Å². The van der Waals surface area contributed by atoms with Crippen molar-refractivity contribution in [2.24, 2.45) is 5.92 Å². The molecule has 0 saturated heterocycles. The van der Waals surface area contributed by atoms with E-state index < -0.39 is 29.0 Å². The zero-order valence-corrected chi connectivity index (χ0v) is 26.9.